The molecule has 0 saturated carbocycles. The number of phenols is 1. The standard InChI is InChI=1S/C19H22N2O/c1-21(2,14-15-7-4-3-5-8-15)12-11-16-13-20-17-9-6-10-18(22)19(16)17/h3-10,13,20H,11-12,14H2,1-2H3/p+1. The first-order valence-electron chi connectivity index (χ1n) is 7.69. The monoisotopic (exact) mass is 295 g/mol. The van der Waals surface area contributed by atoms with Gasteiger partial charge in [-0.05, 0) is 17.7 Å². The summed E-state index contributed by atoms with van der Waals surface area (Å²) in [5.74, 6) is 0.363. The maximum atomic E-state index is 10.1. The molecule has 0 spiro atoms. The number of H-pyrrole nitrogens is 1. The minimum atomic E-state index is 0.363. The molecule has 114 valence electrons. The van der Waals surface area contributed by atoms with Crippen LogP contribution in [0.5, 0.6) is 5.75 Å². The molecule has 3 rings (SSSR count). The Balaban J connectivity index is 1.73. The Morgan fingerprint density at radius 2 is 1.77 bits per heavy atom. The van der Waals surface area contributed by atoms with Crippen molar-refractivity contribution in [3.8, 4) is 5.75 Å². The first-order chi connectivity index (χ1) is 10.6. The van der Waals surface area contributed by atoms with Gasteiger partial charge in [-0.25, -0.2) is 0 Å². The Bertz CT molecular complexity index is 759. The summed E-state index contributed by atoms with van der Waals surface area (Å²) < 4.78 is 0.921. The highest BCUT2D eigenvalue weighted by Gasteiger charge is 2.17. The molecule has 0 amide bonds. The molecule has 0 aliphatic heterocycles. The van der Waals surface area contributed by atoms with Crippen molar-refractivity contribution in [1.29, 1.82) is 0 Å². The van der Waals surface area contributed by atoms with Crippen molar-refractivity contribution in [2.75, 3.05) is 20.6 Å². The largest absolute Gasteiger partial charge is 0.507 e. The van der Waals surface area contributed by atoms with Crippen LogP contribution in [-0.4, -0.2) is 35.2 Å². The van der Waals surface area contributed by atoms with E-state index in [9.17, 15) is 5.11 Å². The van der Waals surface area contributed by atoms with E-state index in [4.69, 9.17) is 0 Å². The fourth-order valence-corrected chi connectivity index (χ4v) is 3.01. The van der Waals surface area contributed by atoms with Crippen LogP contribution in [-0.2, 0) is 13.0 Å². The molecule has 0 aliphatic rings. The predicted octanol–water partition coefficient (Wildman–Crippen LogP) is 3.69. The van der Waals surface area contributed by atoms with Gasteiger partial charge in [0.25, 0.3) is 0 Å². The van der Waals surface area contributed by atoms with E-state index in [1.54, 1.807) is 6.07 Å². The maximum absolute atomic E-state index is 10.1. The van der Waals surface area contributed by atoms with Crippen LogP contribution < -0.4 is 0 Å². The van der Waals surface area contributed by atoms with Crippen molar-refractivity contribution in [2.24, 2.45) is 0 Å². The van der Waals surface area contributed by atoms with Crippen LogP contribution in [0, 0.1) is 0 Å². The lowest BCUT2D eigenvalue weighted by molar-refractivity contribution is -0.903. The van der Waals surface area contributed by atoms with Gasteiger partial charge in [-0.15, -0.1) is 0 Å². The second-order valence-electron chi connectivity index (χ2n) is 6.57. The summed E-state index contributed by atoms with van der Waals surface area (Å²) >= 11 is 0. The SMILES string of the molecule is C[N+](C)(CCc1c[nH]c2cccc(O)c12)Cc1ccccc1. The highest BCUT2D eigenvalue weighted by molar-refractivity contribution is 5.88. The number of hydrogen-bond acceptors (Lipinski definition) is 1. The van der Waals surface area contributed by atoms with Crippen molar-refractivity contribution in [3.05, 3.63) is 65.9 Å². The Morgan fingerprint density at radius 1 is 1.00 bits per heavy atom. The molecule has 2 aromatic carbocycles. The molecule has 0 unspecified atom stereocenters. The third kappa shape index (κ3) is 3.15. The van der Waals surface area contributed by atoms with Gasteiger partial charge in [0.1, 0.15) is 12.3 Å². The van der Waals surface area contributed by atoms with Crippen molar-refractivity contribution in [3.63, 3.8) is 0 Å². The summed E-state index contributed by atoms with van der Waals surface area (Å²) in [7, 11) is 4.50. The van der Waals surface area contributed by atoms with E-state index in [0.717, 1.165) is 34.9 Å². The van der Waals surface area contributed by atoms with Crippen LogP contribution in [0.25, 0.3) is 10.9 Å². The number of aromatic amines is 1. The quantitative estimate of drug-likeness (QED) is 0.692. The lowest BCUT2D eigenvalue weighted by atomic mass is 10.1. The van der Waals surface area contributed by atoms with Gasteiger partial charge in [0.05, 0.1) is 20.6 Å². The number of fused-ring (bicyclic) bond motifs is 1. The first kappa shape index (κ1) is 14.7. The summed E-state index contributed by atoms with van der Waals surface area (Å²) in [6.07, 6.45) is 2.96. The van der Waals surface area contributed by atoms with Crippen LogP contribution in [0.15, 0.2) is 54.7 Å². The molecule has 1 heterocycles. The Morgan fingerprint density at radius 3 is 2.55 bits per heavy atom. The number of nitrogens with zero attached hydrogens (tertiary/aromatic N) is 1. The average molecular weight is 295 g/mol. The van der Waals surface area contributed by atoms with Crippen LogP contribution in [0.1, 0.15) is 11.1 Å². The minimum absolute atomic E-state index is 0.363. The lowest BCUT2D eigenvalue weighted by Gasteiger charge is -2.30. The fourth-order valence-electron chi connectivity index (χ4n) is 3.01. The highest BCUT2D eigenvalue weighted by atomic mass is 16.3. The van der Waals surface area contributed by atoms with E-state index < -0.39 is 0 Å². The molecular weight excluding hydrogens is 272 g/mol. The van der Waals surface area contributed by atoms with Crippen molar-refractivity contribution < 1.29 is 9.59 Å². The molecule has 0 bridgehead atoms. The molecular formula is C19H23N2O+. The Kier molecular flexibility index (Phi) is 3.90. The summed E-state index contributed by atoms with van der Waals surface area (Å²) in [6.45, 7) is 2.03. The first-order valence-corrected chi connectivity index (χ1v) is 7.69. The van der Waals surface area contributed by atoms with Gasteiger partial charge in [-0.1, -0.05) is 36.4 Å². The van der Waals surface area contributed by atoms with Crippen molar-refractivity contribution in [1.82, 2.24) is 4.98 Å². The summed E-state index contributed by atoms with van der Waals surface area (Å²) in [4.78, 5) is 3.25. The van der Waals surface area contributed by atoms with E-state index in [0.29, 0.717) is 5.75 Å². The molecule has 0 aliphatic carbocycles. The number of hydrogen-bond donors (Lipinski definition) is 2. The summed E-state index contributed by atoms with van der Waals surface area (Å²) in [5.41, 5.74) is 3.55. The van der Waals surface area contributed by atoms with E-state index in [1.807, 2.05) is 18.3 Å². The summed E-state index contributed by atoms with van der Waals surface area (Å²) in [6, 6.07) is 16.2. The van der Waals surface area contributed by atoms with Gasteiger partial charge < -0.3 is 14.6 Å². The van der Waals surface area contributed by atoms with Gasteiger partial charge >= 0.3 is 0 Å². The Labute approximate surface area is 131 Å². The molecule has 3 nitrogen and oxygen atoms in total. The lowest BCUT2D eigenvalue weighted by Crippen LogP contribution is -2.40. The van der Waals surface area contributed by atoms with E-state index >= 15 is 0 Å². The highest BCUT2D eigenvalue weighted by Crippen LogP contribution is 2.28. The third-order valence-corrected chi connectivity index (χ3v) is 4.21. The molecule has 0 saturated heterocycles. The molecule has 3 heteroatoms. The van der Waals surface area contributed by atoms with Gasteiger partial charge in [-0.2, -0.15) is 0 Å². The van der Waals surface area contributed by atoms with Crippen LogP contribution in [0.4, 0.5) is 0 Å². The zero-order valence-corrected chi connectivity index (χ0v) is 13.2. The van der Waals surface area contributed by atoms with Gasteiger partial charge in [0.2, 0.25) is 0 Å². The summed E-state index contributed by atoms with van der Waals surface area (Å²) in [5, 5.41) is 11.0. The topological polar surface area (TPSA) is 36.0 Å². The number of rotatable bonds is 5. The molecule has 3 aromatic rings. The van der Waals surface area contributed by atoms with Gasteiger partial charge in [0, 0.05) is 29.1 Å². The fraction of sp³-hybridized carbons (Fsp3) is 0.263. The van der Waals surface area contributed by atoms with Gasteiger partial charge in [0.15, 0.2) is 0 Å². The number of likely N-dealkylation sites (N-methyl/N-ethyl adjacent to an activating group) is 1. The average Bonchev–Trinajstić information content (AvgIpc) is 2.91. The zero-order chi connectivity index (χ0) is 15.6. The smallest absolute Gasteiger partial charge is 0.125 e. The molecule has 2 N–H and O–H groups in total. The number of nitrogens with one attached hydrogen (secondary N) is 1. The normalized spacial score (nSPS) is 11.9. The second kappa shape index (κ2) is 5.85. The van der Waals surface area contributed by atoms with Crippen molar-refractivity contribution in [2.45, 2.75) is 13.0 Å². The Hall–Kier alpha value is -2.26. The second-order valence-corrected chi connectivity index (χ2v) is 6.57. The van der Waals surface area contributed by atoms with Crippen molar-refractivity contribution >= 4 is 10.9 Å². The number of benzene rings is 2. The van der Waals surface area contributed by atoms with Crippen LogP contribution in [0.3, 0.4) is 0 Å². The van der Waals surface area contributed by atoms with E-state index in [2.05, 4.69) is 49.4 Å². The number of quaternary nitrogens is 1. The number of phenolic OH excluding ortho intramolecular Hbond substituents is 1. The molecule has 0 radical (unpaired) electrons. The number of aromatic hydroxyl groups is 1. The van der Waals surface area contributed by atoms with E-state index in [1.165, 1.54) is 11.1 Å². The molecule has 0 fully saturated rings. The molecule has 0 atom stereocenters. The zero-order valence-electron chi connectivity index (χ0n) is 13.2. The van der Waals surface area contributed by atoms with Crippen LogP contribution >= 0.6 is 0 Å². The van der Waals surface area contributed by atoms with Crippen LogP contribution in [0.2, 0.25) is 0 Å². The molecule has 22 heavy (non-hydrogen) atoms. The van der Waals surface area contributed by atoms with Gasteiger partial charge in [-0.3, -0.25) is 0 Å². The van der Waals surface area contributed by atoms with E-state index in [-0.39, 0.29) is 0 Å². The minimum Gasteiger partial charge on any atom is -0.507 e. The maximum Gasteiger partial charge on any atom is 0.125 e. The number of aromatic nitrogens is 1. The third-order valence-electron chi connectivity index (χ3n) is 4.21. The molecule has 1 aromatic heterocycles. The predicted molar refractivity (Wildman–Crippen MR) is 90.8 cm³/mol.